The fourth-order valence-corrected chi connectivity index (χ4v) is 3.24. The summed E-state index contributed by atoms with van der Waals surface area (Å²) < 4.78 is 5.42. The summed E-state index contributed by atoms with van der Waals surface area (Å²) in [6.45, 7) is 4.00. The summed E-state index contributed by atoms with van der Waals surface area (Å²) in [4.78, 5) is 32.5. The number of nitrogens with one attached hydrogen (secondary N) is 2. The number of amides is 1. The van der Waals surface area contributed by atoms with E-state index >= 15 is 0 Å². The number of nitrogens with zero attached hydrogens (tertiary/aromatic N) is 5. The number of H-pyrrole nitrogens is 1. The number of aromatic amines is 1. The van der Waals surface area contributed by atoms with Crippen LogP contribution in [-0.4, -0.2) is 36.0 Å². The second-order valence-electron chi connectivity index (χ2n) is 7.85. The summed E-state index contributed by atoms with van der Waals surface area (Å²) in [5.74, 6) is 0.887. The number of anilines is 1. The third-order valence-electron chi connectivity index (χ3n) is 5.43. The standard InChI is InChI=1S/C20H20N8O2/c1-10(24-19(29)13-8-16(21)23-9-22-13)14-7-12(28-30-14)18-25-11-3-4-15(20(2)5-6-20)26-17(11)27-18/h3-4,7-10H,5-6H2,1-2H3,(H,24,29)(H2,21,22,23)(H,25,26,27). The van der Waals surface area contributed by atoms with E-state index in [4.69, 9.17) is 15.2 Å². The molecule has 1 saturated carbocycles. The Kier molecular flexibility index (Phi) is 4.02. The number of fused-ring (bicyclic) bond motifs is 1. The normalized spacial score (nSPS) is 15.8. The van der Waals surface area contributed by atoms with E-state index in [9.17, 15) is 4.79 Å². The minimum Gasteiger partial charge on any atom is -0.384 e. The highest BCUT2D eigenvalue weighted by Gasteiger charge is 2.40. The molecule has 1 amide bonds. The first kappa shape index (κ1) is 18.2. The Labute approximate surface area is 171 Å². The summed E-state index contributed by atoms with van der Waals surface area (Å²) in [6, 6.07) is 6.75. The molecule has 0 aliphatic heterocycles. The van der Waals surface area contributed by atoms with Gasteiger partial charge in [0.1, 0.15) is 23.5 Å². The van der Waals surface area contributed by atoms with Crippen LogP contribution in [0.2, 0.25) is 0 Å². The number of imidazole rings is 1. The second kappa shape index (κ2) is 6.61. The van der Waals surface area contributed by atoms with Crippen molar-refractivity contribution in [3.05, 3.63) is 47.7 Å². The first-order valence-corrected chi connectivity index (χ1v) is 9.64. The number of hydrogen-bond donors (Lipinski definition) is 3. The zero-order valence-electron chi connectivity index (χ0n) is 16.5. The smallest absolute Gasteiger partial charge is 0.270 e. The number of carbonyl (C=O) groups excluding carboxylic acids is 1. The largest absolute Gasteiger partial charge is 0.384 e. The topological polar surface area (TPSA) is 148 Å². The number of hydrogen-bond acceptors (Lipinski definition) is 8. The van der Waals surface area contributed by atoms with Crippen molar-refractivity contribution in [3.63, 3.8) is 0 Å². The van der Waals surface area contributed by atoms with Crippen LogP contribution in [0, 0.1) is 0 Å². The quantitative estimate of drug-likeness (QED) is 0.459. The number of rotatable bonds is 5. The monoisotopic (exact) mass is 404 g/mol. The van der Waals surface area contributed by atoms with Crippen LogP contribution in [0.5, 0.6) is 0 Å². The lowest BCUT2D eigenvalue weighted by Gasteiger charge is -2.09. The van der Waals surface area contributed by atoms with Crippen molar-refractivity contribution in [2.24, 2.45) is 0 Å². The summed E-state index contributed by atoms with van der Waals surface area (Å²) in [6.07, 6.45) is 3.55. The van der Waals surface area contributed by atoms with Crippen LogP contribution < -0.4 is 11.1 Å². The molecule has 0 radical (unpaired) electrons. The average Bonchev–Trinajstić information content (AvgIpc) is 3.16. The summed E-state index contributed by atoms with van der Waals surface area (Å²) in [7, 11) is 0. The van der Waals surface area contributed by atoms with Crippen LogP contribution in [0.25, 0.3) is 22.7 Å². The Balaban J connectivity index is 1.35. The number of nitrogen functional groups attached to an aromatic ring is 1. The van der Waals surface area contributed by atoms with E-state index in [-0.39, 0.29) is 22.8 Å². The molecule has 1 atom stereocenters. The third kappa shape index (κ3) is 3.25. The minimum atomic E-state index is -0.432. The highest BCUT2D eigenvalue weighted by Crippen LogP contribution is 2.46. The highest BCUT2D eigenvalue weighted by molar-refractivity contribution is 5.93. The SMILES string of the molecule is CC(NC(=O)c1cc(N)ncn1)c1cc(-c2nc3nc(C4(C)CC4)ccc3[nH]2)no1. The molecule has 1 aliphatic rings. The van der Waals surface area contributed by atoms with E-state index in [0.29, 0.717) is 22.9 Å². The van der Waals surface area contributed by atoms with E-state index < -0.39 is 6.04 Å². The maximum atomic E-state index is 12.3. The van der Waals surface area contributed by atoms with Gasteiger partial charge in [0.2, 0.25) is 0 Å². The van der Waals surface area contributed by atoms with Crippen molar-refractivity contribution in [2.75, 3.05) is 5.73 Å². The van der Waals surface area contributed by atoms with Crippen molar-refractivity contribution in [1.29, 1.82) is 0 Å². The van der Waals surface area contributed by atoms with Gasteiger partial charge in [-0.15, -0.1) is 0 Å². The van der Waals surface area contributed by atoms with Crippen LogP contribution in [0.4, 0.5) is 5.82 Å². The van der Waals surface area contributed by atoms with Crippen LogP contribution in [0.3, 0.4) is 0 Å². The Bertz CT molecular complexity index is 1260. The molecule has 4 aromatic heterocycles. The lowest BCUT2D eigenvalue weighted by molar-refractivity contribution is 0.0928. The van der Waals surface area contributed by atoms with E-state index in [0.717, 1.165) is 24.1 Å². The van der Waals surface area contributed by atoms with Crippen LogP contribution in [0.1, 0.15) is 54.7 Å². The summed E-state index contributed by atoms with van der Waals surface area (Å²) >= 11 is 0. The van der Waals surface area contributed by atoms with Gasteiger partial charge in [0.25, 0.3) is 5.91 Å². The molecule has 4 N–H and O–H groups in total. The Hall–Kier alpha value is -3.82. The van der Waals surface area contributed by atoms with Gasteiger partial charge in [0.05, 0.1) is 11.6 Å². The van der Waals surface area contributed by atoms with Gasteiger partial charge in [-0.25, -0.2) is 19.9 Å². The van der Waals surface area contributed by atoms with E-state index in [1.165, 1.54) is 12.4 Å². The molecule has 152 valence electrons. The maximum Gasteiger partial charge on any atom is 0.270 e. The van der Waals surface area contributed by atoms with Crippen molar-refractivity contribution in [2.45, 2.75) is 38.1 Å². The van der Waals surface area contributed by atoms with E-state index in [1.54, 1.807) is 13.0 Å². The molecule has 0 aromatic carbocycles. The predicted octanol–water partition coefficient (Wildman–Crippen LogP) is 2.53. The summed E-state index contributed by atoms with van der Waals surface area (Å²) in [5.41, 5.74) is 9.05. The zero-order chi connectivity index (χ0) is 20.9. The lowest BCUT2D eigenvalue weighted by Crippen LogP contribution is -2.27. The molecule has 30 heavy (non-hydrogen) atoms. The van der Waals surface area contributed by atoms with Crippen LogP contribution in [-0.2, 0) is 5.41 Å². The Morgan fingerprint density at radius 3 is 2.87 bits per heavy atom. The maximum absolute atomic E-state index is 12.3. The Morgan fingerprint density at radius 1 is 1.27 bits per heavy atom. The number of pyridine rings is 1. The van der Waals surface area contributed by atoms with Gasteiger partial charge in [0.15, 0.2) is 17.2 Å². The van der Waals surface area contributed by atoms with Gasteiger partial charge in [-0.05, 0) is 31.9 Å². The average molecular weight is 404 g/mol. The fourth-order valence-electron chi connectivity index (χ4n) is 3.24. The Morgan fingerprint density at radius 2 is 2.10 bits per heavy atom. The van der Waals surface area contributed by atoms with Crippen molar-refractivity contribution in [3.8, 4) is 11.5 Å². The third-order valence-corrected chi connectivity index (χ3v) is 5.43. The molecule has 5 rings (SSSR count). The van der Waals surface area contributed by atoms with Crippen LogP contribution in [0.15, 0.2) is 35.1 Å². The molecular formula is C20H20N8O2. The first-order valence-electron chi connectivity index (χ1n) is 9.64. The van der Waals surface area contributed by atoms with Gasteiger partial charge in [-0.2, -0.15) is 0 Å². The molecule has 1 unspecified atom stereocenters. The van der Waals surface area contributed by atoms with Gasteiger partial charge in [0, 0.05) is 23.2 Å². The molecule has 1 aliphatic carbocycles. The minimum absolute atomic E-state index is 0.177. The van der Waals surface area contributed by atoms with Gasteiger partial charge in [-0.1, -0.05) is 12.1 Å². The molecule has 0 spiro atoms. The molecule has 10 nitrogen and oxygen atoms in total. The highest BCUT2D eigenvalue weighted by atomic mass is 16.5. The molecule has 4 aromatic rings. The lowest BCUT2D eigenvalue weighted by atomic mass is 10.1. The zero-order valence-corrected chi connectivity index (χ0v) is 16.5. The molecule has 1 fully saturated rings. The van der Waals surface area contributed by atoms with E-state index in [2.05, 4.69) is 37.3 Å². The summed E-state index contributed by atoms with van der Waals surface area (Å²) in [5, 5.41) is 6.89. The van der Waals surface area contributed by atoms with Crippen molar-refractivity contribution in [1.82, 2.24) is 35.4 Å². The van der Waals surface area contributed by atoms with Crippen molar-refractivity contribution < 1.29 is 9.32 Å². The van der Waals surface area contributed by atoms with Gasteiger partial charge < -0.3 is 20.6 Å². The predicted molar refractivity (Wildman–Crippen MR) is 108 cm³/mol. The molecular weight excluding hydrogens is 384 g/mol. The first-order chi connectivity index (χ1) is 14.4. The molecule has 0 saturated heterocycles. The number of nitrogens with two attached hydrogens (primary N) is 1. The van der Waals surface area contributed by atoms with Gasteiger partial charge in [-0.3, -0.25) is 4.79 Å². The van der Waals surface area contributed by atoms with Crippen molar-refractivity contribution >= 4 is 22.9 Å². The molecule has 0 bridgehead atoms. The number of aromatic nitrogens is 6. The van der Waals surface area contributed by atoms with Gasteiger partial charge >= 0.3 is 0 Å². The van der Waals surface area contributed by atoms with Crippen LogP contribution >= 0.6 is 0 Å². The second-order valence-corrected chi connectivity index (χ2v) is 7.85. The van der Waals surface area contributed by atoms with E-state index in [1.807, 2.05) is 12.1 Å². The molecule has 4 heterocycles. The fraction of sp³-hybridized carbons (Fsp3) is 0.300. The molecule has 10 heteroatoms. The number of carbonyl (C=O) groups is 1.